The summed E-state index contributed by atoms with van der Waals surface area (Å²) in [5.41, 5.74) is 0.740. The van der Waals surface area contributed by atoms with Crippen molar-refractivity contribution in [3.8, 4) is 0 Å². The Labute approximate surface area is 89.1 Å². The maximum atomic E-state index is 2.19. The first-order valence-electron chi connectivity index (χ1n) is 5.24. The van der Waals surface area contributed by atoms with Crippen LogP contribution in [0.25, 0.3) is 0 Å². The van der Waals surface area contributed by atoms with Gasteiger partial charge < -0.3 is 4.57 Å². The number of hydrogen-bond donors (Lipinski definition) is 0. The molecule has 0 radical (unpaired) electrons. The van der Waals surface area contributed by atoms with E-state index in [0.717, 1.165) is 0 Å². The molecule has 0 saturated carbocycles. The zero-order valence-electron chi connectivity index (χ0n) is 10.8. The van der Waals surface area contributed by atoms with Gasteiger partial charge in [-0.3, -0.25) is 0 Å². The Bertz CT molecular complexity index is 225. The summed E-state index contributed by atoms with van der Waals surface area (Å²) in [6, 6.07) is 4.09. The Morgan fingerprint density at radius 3 is 1.14 bits per heavy atom. The minimum Gasteiger partial charge on any atom is -0.349 e. The molecule has 1 aromatic heterocycles. The standard InChI is InChI=1S/C8H13N.C5H12/c1-8(2,3)9-6-4-5-7-9;1-5(2,3)4/h4-7H,1-3H3;1-4H3. The Morgan fingerprint density at radius 1 is 0.714 bits per heavy atom. The van der Waals surface area contributed by atoms with Crippen molar-refractivity contribution in [3.05, 3.63) is 24.5 Å². The summed E-state index contributed by atoms with van der Waals surface area (Å²) < 4.78 is 2.19. The van der Waals surface area contributed by atoms with Crippen LogP contribution in [0.5, 0.6) is 0 Å². The maximum Gasteiger partial charge on any atom is 0.0355 e. The van der Waals surface area contributed by atoms with E-state index in [0.29, 0.717) is 5.41 Å². The number of nitrogens with zero attached hydrogens (tertiary/aromatic N) is 1. The molecule has 0 aliphatic carbocycles. The predicted molar refractivity (Wildman–Crippen MR) is 64.6 cm³/mol. The summed E-state index contributed by atoms with van der Waals surface area (Å²) >= 11 is 0. The van der Waals surface area contributed by atoms with Gasteiger partial charge in [0.05, 0.1) is 0 Å². The van der Waals surface area contributed by atoms with Gasteiger partial charge in [-0.25, -0.2) is 0 Å². The fourth-order valence-corrected chi connectivity index (χ4v) is 0.782. The summed E-state index contributed by atoms with van der Waals surface area (Å²) in [6.45, 7) is 15.3. The predicted octanol–water partition coefficient (Wildman–Crippen LogP) is 4.30. The third-order valence-electron chi connectivity index (χ3n) is 1.38. The fourth-order valence-electron chi connectivity index (χ4n) is 0.782. The molecule has 1 heterocycles. The van der Waals surface area contributed by atoms with E-state index in [9.17, 15) is 0 Å². The van der Waals surface area contributed by atoms with Crippen molar-refractivity contribution in [2.45, 2.75) is 54.0 Å². The van der Waals surface area contributed by atoms with Crippen LogP contribution in [0.4, 0.5) is 0 Å². The molecule has 0 amide bonds. The van der Waals surface area contributed by atoms with E-state index in [1.807, 2.05) is 12.1 Å². The van der Waals surface area contributed by atoms with Crippen LogP contribution in [0.2, 0.25) is 0 Å². The molecule has 82 valence electrons. The minimum absolute atomic E-state index is 0.240. The van der Waals surface area contributed by atoms with Crippen LogP contribution >= 0.6 is 0 Å². The van der Waals surface area contributed by atoms with E-state index in [-0.39, 0.29) is 5.54 Å². The highest BCUT2D eigenvalue weighted by molar-refractivity contribution is 4.94. The van der Waals surface area contributed by atoms with Crippen molar-refractivity contribution >= 4 is 0 Å². The van der Waals surface area contributed by atoms with Crippen LogP contribution in [-0.4, -0.2) is 4.57 Å². The summed E-state index contributed by atoms with van der Waals surface area (Å²) in [5, 5.41) is 0. The molecule has 1 nitrogen and oxygen atoms in total. The highest BCUT2D eigenvalue weighted by atomic mass is 15.0. The normalized spacial score (nSPS) is 11.9. The topological polar surface area (TPSA) is 4.93 Å². The molecular formula is C13H25N. The summed E-state index contributed by atoms with van der Waals surface area (Å²) in [5.74, 6) is 0. The molecule has 0 N–H and O–H groups in total. The van der Waals surface area contributed by atoms with E-state index < -0.39 is 0 Å². The second-order valence-corrected chi connectivity index (χ2v) is 6.26. The first-order valence-corrected chi connectivity index (χ1v) is 5.24. The molecule has 0 bridgehead atoms. The monoisotopic (exact) mass is 195 g/mol. The maximum absolute atomic E-state index is 2.19. The average Bonchev–Trinajstić information content (AvgIpc) is 2.28. The van der Waals surface area contributed by atoms with Crippen molar-refractivity contribution in [1.29, 1.82) is 0 Å². The Morgan fingerprint density at radius 2 is 1.00 bits per heavy atom. The lowest BCUT2D eigenvalue weighted by molar-refractivity contribution is 0.398. The largest absolute Gasteiger partial charge is 0.349 e. The molecule has 0 aliphatic rings. The quantitative estimate of drug-likeness (QED) is 0.582. The van der Waals surface area contributed by atoms with Crippen molar-refractivity contribution < 1.29 is 0 Å². The fraction of sp³-hybridized carbons (Fsp3) is 0.692. The first-order chi connectivity index (χ1) is 6.11. The minimum atomic E-state index is 0.240. The molecular weight excluding hydrogens is 170 g/mol. The molecule has 1 aromatic rings. The third-order valence-corrected chi connectivity index (χ3v) is 1.38. The van der Waals surface area contributed by atoms with Gasteiger partial charge >= 0.3 is 0 Å². The van der Waals surface area contributed by atoms with Crippen molar-refractivity contribution in [2.24, 2.45) is 5.41 Å². The molecule has 0 fully saturated rings. The zero-order valence-corrected chi connectivity index (χ0v) is 10.8. The van der Waals surface area contributed by atoms with Gasteiger partial charge in [-0.15, -0.1) is 0 Å². The van der Waals surface area contributed by atoms with Crippen LogP contribution < -0.4 is 0 Å². The lowest BCUT2D eigenvalue weighted by atomic mass is 10.0. The highest BCUT2D eigenvalue weighted by Gasteiger charge is 2.09. The first kappa shape index (κ1) is 13.3. The van der Waals surface area contributed by atoms with Gasteiger partial charge in [-0.2, -0.15) is 0 Å². The van der Waals surface area contributed by atoms with Crippen molar-refractivity contribution in [1.82, 2.24) is 4.57 Å². The second-order valence-electron chi connectivity index (χ2n) is 6.26. The third kappa shape index (κ3) is 7.90. The molecule has 1 heteroatoms. The van der Waals surface area contributed by atoms with Crippen LogP contribution in [0.3, 0.4) is 0 Å². The van der Waals surface area contributed by atoms with Crippen LogP contribution in [-0.2, 0) is 5.54 Å². The van der Waals surface area contributed by atoms with E-state index in [2.05, 4.69) is 65.4 Å². The Hall–Kier alpha value is -0.720. The highest BCUT2D eigenvalue weighted by Crippen LogP contribution is 2.12. The van der Waals surface area contributed by atoms with Gasteiger partial charge in [-0.1, -0.05) is 27.7 Å². The SMILES string of the molecule is CC(C)(C)C.CC(C)(C)n1cccc1. The number of rotatable bonds is 0. The Balaban J connectivity index is 0.000000292. The molecule has 0 spiro atoms. The van der Waals surface area contributed by atoms with Gasteiger partial charge in [0, 0.05) is 17.9 Å². The zero-order chi connectivity index (χ0) is 11.4. The molecule has 0 unspecified atom stereocenters. The lowest BCUT2D eigenvalue weighted by Crippen LogP contribution is -2.19. The lowest BCUT2D eigenvalue weighted by Gasteiger charge is -2.20. The average molecular weight is 195 g/mol. The molecule has 0 aromatic carbocycles. The van der Waals surface area contributed by atoms with Crippen LogP contribution in [0.1, 0.15) is 48.5 Å². The van der Waals surface area contributed by atoms with Crippen molar-refractivity contribution in [2.75, 3.05) is 0 Å². The molecule has 0 aliphatic heterocycles. The van der Waals surface area contributed by atoms with Gasteiger partial charge in [0.2, 0.25) is 0 Å². The summed E-state index contributed by atoms with van der Waals surface area (Å²) in [4.78, 5) is 0. The molecule has 0 saturated heterocycles. The van der Waals surface area contributed by atoms with Gasteiger partial charge in [-0.05, 0) is 38.3 Å². The smallest absolute Gasteiger partial charge is 0.0355 e. The second kappa shape index (κ2) is 4.68. The van der Waals surface area contributed by atoms with E-state index in [1.54, 1.807) is 0 Å². The van der Waals surface area contributed by atoms with Crippen LogP contribution in [0.15, 0.2) is 24.5 Å². The van der Waals surface area contributed by atoms with E-state index in [4.69, 9.17) is 0 Å². The molecule has 0 atom stereocenters. The Kier molecular flexibility index (Phi) is 4.44. The molecule has 14 heavy (non-hydrogen) atoms. The number of aromatic nitrogens is 1. The van der Waals surface area contributed by atoms with Crippen LogP contribution in [0, 0.1) is 5.41 Å². The van der Waals surface area contributed by atoms with Gasteiger partial charge in [0.15, 0.2) is 0 Å². The number of hydrogen-bond acceptors (Lipinski definition) is 0. The van der Waals surface area contributed by atoms with Gasteiger partial charge in [0.1, 0.15) is 0 Å². The van der Waals surface area contributed by atoms with Crippen molar-refractivity contribution in [3.63, 3.8) is 0 Å². The molecule has 1 rings (SSSR count). The van der Waals surface area contributed by atoms with Gasteiger partial charge in [0.25, 0.3) is 0 Å². The van der Waals surface area contributed by atoms with E-state index in [1.165, 1.54) is 0 Å². The summed E-state index contributed by atoms with van der Waals surface area (Å²) in [7, 11) is 0. The van der Waals surface area contributed by atoms with E-state index >= 15 is 0 Å². The summed E-state index contributed by atoms with van der Waals surface area (Å²) in [6.07, 6.45) is 4.17.